The summed E-state index contributed by atoms with van der Waals surface area (Å²) in [6, 6.07) is 17.4. The summed E-state index contributed by atoms with van der Waals surface area (Å²) in [5.41, 5.74) is 2.20. The van der Waals surface area contributed by atoms with Crippen molar-refractivity contribution in [2.45, 2.75) is 6.04 Å². The molecule has 0 bridgehead atoms. The number of carbonyl (C=O) groups is 1. The zero-order valence-corrected chi connectivity index (χ0v) is 15.7. The van der Waals surface area contributed by atoms with Crippen molar-refractivity contribution < 1.29 is 9.53 Å². The molecule has 2 aromatic carbocycles. The van der Waals surface area contributed by atoms with Gasteiger partial charge in [-0.25, -0.2) is 4.68 Å². The maximum absolute atomic E-state index is 12.5. The maximum Gasteiger partial charge on any atom is 0.273 e. The zero-order chi connectivity index (χ0) is 19.2. The molecular weight excluding hydrogens is 342 g/mol. The quantitative estimate of drug-likeness (QED) is 0.696. The molecule has 7 nitrogen and oxygen atoms in total. The van der Waals surface area contributed by atoms with E-state index < -0.39 is 0 Å². The molecule has 1 N–H and O–H groups in total. The number of methoxy groups -OCH3 is 1. The molecule has 3 rings (SSSR count). The fraction of sp³-hybridized carbons (Fsp3) is 0.250. The number of carbonyl (C=O) groups excluding carboxylic acids is 1. The van der Waals surface area contributed by atoms with Gasteiger partial charge in [0.25, 0.3) is 5.91 Å². The summed E-state index contributed by atoms with van der Waals surface area (Å²) < 4.78 is 6.88. The second kappa shape index (κ2) is 8.46. The number of rotatable bonds is 7. The molecule has 3 aromatic rings. The Morgan fingerprint density at radius 1 is 1.19 bits per heavy atom. The van der Waals surface area contributed by atoms with Gasteiger partial charge >= 0.3 is 0 Å². The Morgan fingerprint density at radius 2 is 1.96 bits per heavy atom. The number of nitrogens with zero attached hydrogens (tertiary/aromatic N) is 4. The Kier molecular flexibility index (Phi) is 5.83. The molecule has 0 spiro atoms. The maximum atomic E-state index is 12.5. The highest BCUT2D eigenvalue weighted by atomic mass is 16.5. The molecular formula is C20H23N5O2. The zero-order valence-electron chi connectivity index (χ0n) is 15.7. The molecule has 0 fully saturated rings. The smallest absolute Gasteiger partial charge is 0.273 e. The van der Waals surface area contributed by atoms with Crippen molar-refractivity contribution >= 4 is 5.91 Å². The van der Waals surface area contributed by atoms with E-state index in [1.165, 1.54) is 0 Å². The van der Waals surface area contributed by atoms with Crippen molar-refractivity contribution in [3.8, 4) is 11.4 Å². The fourth-order valence-electron chi connectivity index (χ4n) is 2.80. The molecule has 1 amide bonds. The van der Waals surface area contributed by atoms with E-state index in [1.54, 1.807) is 18.0 Å². The van der Waals surface area contributed by atoms with E-state index in [0.717, 1.165) is 17.0 Å². The molecule has 1 heterocycles. The van der Waals surface area contributed by atoms with E-state index in [-0.39, 0.29) is 17.6 Å². The number of amides is 1. The third-order valence-electron chi connectivity index (χ3n) is 4.30. The normalized spacial score (nSPS) is 12.0. The van der Waals surface area contributed by atoms with E-state index in [2.05, 4.69) is 20.5 Å². The first-order valence-electron chi connectivity index (χ1n) is 8.65. The van der Waals surface area contributed by atoms with Crippen molar-refractivity contribution in [3.63, 3.8) is 0 Å². The predicted molar refractivity (Wildman–Crippen MR) is 103 cm³/mol. The lowest BCUT2D eigenvalue weighted by molar-refractivity contribution is 0.0937. The second-order valence-electron chi connectivity index (χ2n) is 6.35. The Balaban J connectivity index is 1.69. The van der Waals surface area contributed by atoms with Crippen LogP contribution in [0.5, 0.6) is 5.75 Å². The summed E-state index contributed by atoms with van der Waals surface area (Å²) in [5.74, 6) is 0.531. The Bertz CT molecular complexity index is 892. The minimum absolute atomic E-state index is 0.00761. The van der Waals surface area contributed by atoms with E-state index in [1.807, 2.05) is 68.7 Å². The van der Waals surface area contributed by atoms with Crippen LogP contribution in [0, 0.1) is 0 Å². The molecule has 140 valence electrons. The molecule has 0 saturated heterocycles. The lowest BCUT2D eigenvalue weighted by Gasteiger charge is -2.25. The molecule has 7 heteroatoms. The number of hydrogen-bond acceptors (Lipinski definition) is 5. The van der Waals surface area contributed by atoms with Gasteiger partial charge < -0.3 is 15.0 Å². The van der Waals surface area contributed by atoms with Crippen molar-refractivity contribution in [2.24, 2.45) is 0 Å². The fourth-order valence-corrected chi connectivity index (χ4v) is 2.80. The average Bonchev–Trinajstić information content (AvgIpc) is 3.19. The van der Waals surface area contributed by atoms with Crippen LogP contribution in [0.2, 0.25) is 0 Å². The highest BCUT2D eigenvalue weighted by molar-refractivity contribution is 5.91. The van der Waals surface area contributed by atoms with Crippen LogP contribution in [0.1, 0.15) is 22.1 Å². The third-order valence-corrected chi connectivity index (χ3v) is 4.30. The van der Waals surface area contributed by atoms with Gasteiger partial charge in [0.15, 0.2) is 5.69 Å². The Morgan fingerprint density at radius 3 is 2.67 bits per heavy atom. The van der Waals surface area contributed by atoms with Gasteiger partial charge in [-0.3, -0.25) is 4.79 Å². The molecule has 1 unspecified atom stereocenters. The van der Waals surface area contributed by atoms with Crippen LogP contribution in [-0.4, -0.2) is 53.6 Å². The van der Waals surface area contributed by atoms with Gasteiger partial charge in [0.1, 0.15) is 5.75 Å². The summed E-state index contributed by atoms with van der Waals surface area (Å²) >= 11 is 0. The van der Waals surface area contributed by atoms with Gasteiger partial charge in [0.05, 0.1) is 25.0 Å². The Hall–Kier alpha value is -3.19. The Labute approximate surface area is 158 Å². The summed E-state index contributed by atoms with van der Waals surface area (Å²) in [5, 5.41) is 11.0. The molecule has 0 aliphatic carbocycles. The highest BCUT2D eigenvalue weighted by Gasteiger charge is 2.18. The van der Waals surface area contributed by atoms with Crippen LogP contribution in [-0.2, 0) is 0 Å². The SMILES string of the molecule is COc1cccc(C(CNC(=O)c2cn(-c3ccccc3)nn2)N(C)C)c1. The summed E-state index contributed by atoms with van der Waals surface area (Å²) in [7, 11) is 5.59. The summed E-state index contributed by atoms with van der Waals surface area (Å²) in [6.45, 7) is 0.442. The third kappa shape index (κ3) is 4.51. The summed E-state index contributed by atoms with van der Waals surface area (Å²) in [6.07, 6.45) is 1.63. The first-order valence-corrected chi connectivity index (χ1v) is 8.65. The predicted octanol–water partition coefficient (Wildman–Crippen LogP) is 2.31. The monoisotopic (exact) mass is 365 g/mol. The van der Waals surface area contributed by atoms with Crippen molar-refractivity contribution in [1.29, 1.82) is 0 Å². The number of nitrogens with one attached hydrogen (secondary N) is 1. The highest BCUT2D eigenvalue weighted by Crippen LogP contribution is 2.22. The molecule has 0 aliphatic heterocycles. The minimum Gasteiger partial charge on any atom is -0.497 e. The van der Waals surface area contributed by atoms with Gasteiger partial charge in [-0.15, -0.1) is 5.10 Å². The molecule has 27 heavy (non-hydrogen) atoms. The number of ether oxygens (including phenoxy) is 1. The number of likely N-dealkylation sites (N-methyl/N-ethyl adjacent to an activating group) is 1. The van der Waals surface area contributed by atoms with Gasteiger partial charge in [0.2, 0.25) is 0 Å². The first kappa shape index (κ1) is 18.6. The second-order valence-corrected chi connectivity index (χ2v) is 6.35. The van der Waals surface area contributed by atoms with Crippen molar-refractivity contribution in [2.75, 3.05) is 27.7 Å². The van der Waals surface area contributed by atoms with Crippen LogP contribution < -0.4 is 10.1 Å². The van der Waals surface area contributed by atoms with Gasteiger partial charge in [-0.2, -0.15) is 0 Å². The van der Waals surface area contributed by atoms with E-state index in [4.69, 9.17) is 4.74 Å². The van der Waals surface area contributed by atoms with Gasteiger partial charge in [-0.1, -0.05) is 35.5 Å². The van der Waals surface area contributed by atoms with Crippen LogP contribution in [0.4, 0.5) is 0 Å². The van der Waals surface area contributed by atoms with Crippen molar-refractivity contribution in [3.05, 3.63) is 72.1 Å². The lowest BCUT2D eigenvalue weighted by atomic mass is 10.1. The van der Waals surface area contributed by atoms with Crippen LogP contribution in [0.15, 0.2) is 60.8 Å². The number of benzene rings is 2. The van der Waals surface area contributed by atoms with Gasteiger partial charge in [0, 0.05) is 6.54 Å². The van der Waals surface area contributed by atoms with Crippen LogP contribution >= 0.6 is 0 Å². The standard InChI is InChI=1S/C20H23N5O2/c1-24(2)19(15-8-7-11-17(12-15)27-3)13-21-20(26)18-14-25(23-22-18)16-9-5-4-6-10-16/h4-12,14,19H,13H2,1-3H3,(H,21,26). The first-order chi connectivity index (χ1) is 13.1. The molecule has 0 saturated carbocycles. The summed E-state index contributed by atoms with van der Waals surface area (Å²) in [4.78, 5) is 14.6. The van der Waals surface area contributed by atoms with E-state index >= 15 is 0 Å². The number of para-hydroxylation sites is 1. The molecule has 1 atom stereocenters. The van der Waals surface area contributed by atoms with Crippen LogP contribution in [0.25, 0.3) is 5.69 Å². The number of aromatic nitrogens is 3. The largest absolute Gasteiger partial charge is 0.497 e. The topological polar surface area (TPSA) is 72.3 Å². The minimum atomic E-state index is -0.257. The van der Waals surface area contributed by atoms with E-state index in [9.17, 15) is 4.79 Å². The van der Waals surface area contributed by atoms with Crippen molar-refractivity contribution in [1.82, 2.24) is 25.2 Å². The number of hydrogen-bond donors (Lipinski definition) is 1. The molecule has 0 radical (unpaired) electrons. The van der Waals surface area contributed by atoms with E-state index in [0.29, 0.717) is 6.54 Å². The lowest BCUT2D eigenvalue weighted by Crippen LogP contribution is -2.34. The van der Waals surface area contributed by atoms with Crippen LogP contribution in [0.3, 0.4) is 0 Å². The molecule has 1 aromatic heterocycles. The van der Waals surface area contributed by atoms with Gasteiger partial charge in [-0.05, 0) is 43.9 Å². The molecule has 0 aliphatic rings. The average molecular weight is 365 g/mol.